The highest BCUT2D eigenvalue weighted by Crippen LogP contribution is 2.27. The first-order valence-electron chi connectivity index (χ1n) is 4.77. The Bertz CT molecular complexity index is 370. The Balaban J connectivity index is 2.44. The van der Waals surface area contributed by atoms with Crippen molar-refractivity contribution in [3.05, 3.63) is 52.5 Å². The molecule has 0 fully saturated rings. The van der Waals surface area contributed by atoms with Gasteiger partial charge < -0.3 is 0 Å². The summed E-state index contributed by atoms with van der Waals surface area (Å²) >= 11 is 0. The van der Waals surface area contributed by atoms with Crippen molar-refractivity contribution in [1.29, 1.82) is 0 Å². The van der Waals surface area contributed by atoms with Gasteiger partial charge in [-0.3, -0.25) is 0 Å². The molecule has 0 N–H and O–H groups in total. The Morgan fingerprint density at radius 3 is 2.62 bits per heavy atom. The molecule has 0 bridgehead atoms. The number of fused-ring (bicyclic) bond motifs is 1. The summed E-state index contributed by atoms with van der Waals surface area (Å²) in [5.74, 6) is 0. The van der Waals surface area contributed by atoms with E-state index in [0.29, 0.717) is 0 Å². The fourth-order valence-electron chi connectivity index (χ4n) is 1.81. The molecule has 0 unspecified atom stereocenters. The Labute approximate surface area is 80.3 Å². The van der Waals surface area contributed by atoms with Crippen molar-refractivity contribution in [1.82, 2.24) is 0 Å². The van der Waals surface area contributed by atoms with E-state index in [-0.39, 0.29) is 0 Å². The van der Waals surface area contributed by atoms with Gasteiger partial charge in [-0.1, -0.05) is 34.9 Å². The molecule has 0 spiro atoms. The fraction of sp³-hybridized carbons (Fsp3) is 0.308. The maximum absolute atomic E-state index is 2.29. The summed E-state index contributed by atoms with van der Waals surface area (Å²) in [4.78, 5) is 0. The molecular weight excluding hydrogens is 156 g/mol. The van der Waals surface area contributed by atoms with Crippen LogP contribution in [0.2, 0.25) is 0 Å². The van der Waals surface area contributed by atoms with Crippen LogP contribution in [0.1, 0.15) is 30.5 Å². The third-order valence-electron chi connectivity index (χ3n) is 2.80. The number of aryl methyl sites for hydroxylation is 1. The van der Waals surface area contributed by atoms with E-state index in [1.807, 2.05) is 0 Å². The average Bonchev–Trinajstić information content (AvgIpc) is 2.08. The van der Waals surface area contributed by atoms with Crippen molar-refractivity contribution in [2.24, 2.45) is 0 Å². The van der Waals surface area contributed by atoms with Crippen LogP contribution in [0, 0.1) is 13.3 Å². The van der Waals surface area contributed by atoms with E-state index in [2.05, 4.69) is 45.4 Å². The van der Waals surface area contributed by atoms with Gasteiger partial charge in [-0.05, 0) is 38.3 Å². The van der Waals surface area contributed by atoms with Gasteiger partial charge in [0, 0.05) is 6.42 Å². The SMILES string of the molecule is CC1=C(C)Cc2cc(C)ccc2[CH]1. The normalized spacial score (nSPS) is 15.9. The molecule has 1 radical (unpaired) electrons. The van der Waals surface area contributed by atoms with E-state index in [1.54, 1.807) is 0 Å². The van der Waals surface area contributed by atoms with Crippen LogP contribution < -0.4 is 0 Å². The molecule has 1 aliphatic carbocycles. The summed E-state index contributed by atoms with van der Waals surface area (Å²) < 4.78 is 0. The van der Waals surface area contributed by atoms with Crippen molar-refractivity contribution in [2.75, 3.05) is 0 Å². The van der Waals surface area contributed by atoms with E-state index in [0.717, 1.165) is 6.42 Å². The molecule has 0 aromatic heterocycles. The van der Waals surface area contributed by atoms with E-state index < -0.39 is 0 Å². The summed E-state index contributed by atoms with van der Waals surface area (Å²) in [6.07, 6.45) is 3.41. The molecule has 0 saturated carbocycles. The lowest BCUT2D eigenvalue weighted by Gasteiger charge is -2.18. The minimum absolute atomic E-state index is 1.12. The first-order valence-corrected chi connectivity index (χ1v) is 4.77. The number of benzene rings is 1. The molecular formula is C13H15. The van der Waals surface area contributed by atoms with Crippen molar-refractivity contribution >= 4 is 0 Å². The monoisotopic (exact) mass is 171 g/mol. The van der Waals surface area contributed by atoms with Crippen LogP contribution in [0.25, 0.3) is 0 Å². The minimum atomic E-state index is 1.12. The zero-order valence-corrected chi connectivity index (χ0v) is 8.52. The van der Waals surface area contributed by atoms with Crippen LogP contribution in [0.5, 0.6) is 0 Å². The lowest BCUT2D eigenvalue weighted by Crippen LogP contribution is -2.03. The van der Waals surface area contributed by atoms with E-state index >= 15 is 0 Å². The average molecular weight is 171 g/mol. The summed E-state index contributed by atoms with van der Waals surface area (Å²) in [7, 11) is 0. The number of hydrogen-bond donors (Lipinski definition) is 0. The summed E-state index contributed by atoms with van der Waals surface area (Å²) in [5, 5.41) is 0. The van der Waals surface area contributed by atoms with Crippen LogP contribution >= 0.6 is 0 Å². The van der Waals surface area contributed by atoms with Gasteiger partial charge in [0.25, 0.3) is 0 Å². The topological polar surface area (TPSA) is 0 Å². The third-order valence-corrected chi connectivity index (χ3v) is 2.80. The van der Waals surface area contributed by atoms with Gasteiger partial charge in [0.15, 0.2) is 0 Å². The van der Waals surface area contributed by atoms with Gasteiger partial charge in [-0.15, -0.1) is 0 Å². The van der Waals surface area contributed by atoms with Gasteiger partial charge in [0.2, 0.25) is 0 Å². The van der Waals surface area contributed by atoms with Crippen molar-refractivity contribution < 1.29 is 0 Å². The van der Waals surface area contributed by atoms with Crippen molar-refractivity contribution in [3.63, 3.8) is 0 Å². The molecule has 0 heterocycles. The van der Waals surface area contributed by atoms with Gasteiger partial charge in [-0.2, -0.15) is 0 Å². The Kier molecular flexibility index (Phi) is 1.99. The third kappa shape index (κ3) is 1.53. The largest absolute Gasteiger partial charge is 0.0693 e. The summed E-state index contributed by atoms with van der Waals surface area (Å²) in [5.41, 5.74) is 7.16. The smallest absolute Gasteiger partial charge is 0.0157 e. The molecule has 0 atom stereocenters. The summed E-state index contributed by atoms with van der Waals surface area (Å²) in [6, 6.07) is 6.70. The van der Waals surface area contributed by atoms with Crippen molar-refractivity contribution in [3.8, 4) is 0 Å². The Morgan fingerprint density at radius 1 is 1.08 bits per heavy atom. The first kappa shape index (κ1) is 8.55. The molecule has 0 aliphatic heterocycles. The summed E-state index contributed by atoms with van der Waals surface area (Å²) in [6.45, 7) is 6.57. The molecule has 2 rings (SSSR count). The first-order chi connectivity index (χ1) is 6.16. The Morgan fingerprint density at radius 2 is 1.85 bits per heavy atom. The van der Waals surface area contributed by atoms with Gasteiger partial charge in [-0.25, -0.2) is 0 Å². The second kappa shape index (κ2) is 3.02. The minimum Gasteiger partial charge on any atom is -0.0693 e. The predicted octanol–water partition coefficient (Wildman–Crippen LogP) is 3.44. The van der Waals surface area contributed by atoms with Crippen LogP contribution in [-0.4, -0.2) is 0 Å². The van der Waals surface area contributed by atoms with E-state index in [4.69, 9.17) is 0 Å². The maximum Gasteiger partial charge on any atom is 0.0157 e. The van der Waals surface area contributed by atoms with E-state index in [9.17, 15) is 0 Å². The maximum atomic E-state index is 2.29. The van der Waals surface area contributed by atoms with Crippen LogP contribution in [0.3, 0.4) is 0 Å². The molecule has 1 aromatic carbocycles. The molecule has 13 heavy (non-hydrogen) atoms. The quantitative estimate of drug-likeness (QED) is 0.561. The number of rotatable bonds is 0. The van der Waals surface area contributed by atoms with Crippen molar-refractivity contribution in [2.45, 2.75) is 27.2 Å². The second-order valence-electron chi connectivity index (χ2n) is 3.99. The molecule has 0 nitrogen and oxygen atoms in total. The molecule has 0 amide bonds. The Hall–Kier alpha value is -1.04. The van der Waals surface area contributed by atoms with Gasteiger partial charge in [0.05, 0.1) is 0 Å². The van der Waals surface area contributed by atoms with Crippen LogP contribution in [0.15, 0.2) is 29.3 Å². The zero-order chi connectivity index (χ0) is 9.42. The van der Waals surface area contributed by atoms with Crippen LogP contribution in [-0.2, 0) is 6.42 Å². The number of hydrogen-bond acceptors (Lipinski definition) is 0. The lowest BCUT2D eigenvalue weighted by molar-refractivity contribution is 1.04. The fourth-order valence-corrected chi connectivity index (χ4v) is 1.81. The zero-order valence-electron chi connectivity index (χ0n) is 8.52. The highest BCUT2D eigenvalue weighted by atomic mass is 14.2. The lowest BCUT2D eigenvalue weighted by atomic mass is 9.87. The number of allylic oxidation sites excluding steroid dienone is 2. The molecule has 0 saturated heterocycles. The van der Waals surface area contributed by atoms with Gasteiger partial charge >= 0.3 is 0 Å². The molecule has 0 heteroatoms. The standard InChI is InChI=1S/C13H15/c1-9-4-5-12-7-10(2)11(3)8-13(12)6-9/h4-7H,8H2,1-3H3. The highest BCUT2D eigenvalue weighted by Gasteiger charge is 2.12. The molecule has 67 valence electrons. The second-order valence-corrected chi connectivity index (χ2v) is 3.99. The predicted molar refractivity (Wildman–Crippen MR) is 56.7 cm³/mol. The van der Waals surface area contributed by atoms with E-state index in [1.165, 1.54) is 27.8 Å². The highest BCUT2D eigenvalue weighted by molar-refractivity contribution is 5.48. The van der Waals surface area contributed by atoms with Gasteiger partial charge in [0.1, 0.15) is 0 Å². The molecule has 1 aliphatic rings. The van der Waals surface area contributed by atoms with Crippen LogP contribution in [0.4, 0.5) is 0 Å². The molecule has 1 aromatic rings.